The first kappa shape index (κ1) is 13.6. The number of fused-ring (bicyclic) bond motifs is 1. The fourth-order valence-corrected chi connectivity index (χ4v) is 2.61. The number of amides is 2. The van der Waals surface area contributed by atoms with Crippen LogP contribution in [0.5, 0.6) is 0 Å². The van der Waals surface area contributed by atoms with E-state index in [-0.39, 0.29) is 6.03 Å². The number of rotatable bonds is 4. The predicted octanol–water partition coefficient (Wildman–Crippen LogP) is 0.417. The smallest absolute Gasteiger partial charge is 0.317 e. The molecule has 1 aliphatic rings. The molecule has 2 N–H and O–H groups in total. The predicted molar refractivity (Wildman–Crippen MR) is 79.2 cm³/mol. The van der Waals surface area contributed by atoms with Crippen molar-refractivity contribution in [2.24, 2.45) is 7.05 Å². The van der Waals surface area contributed by atoms with E-state index in [0.29, 0.717) is 18.9 Å². The maximum Gasteiger partial charge on any atom is 0.317 e. The van der Waals surface area contributed by atoms with Crippen LogP contribution in [-0.2, 0) is 7.05 Å². The molecule has 0 unspecified atom stereocenters. The summed E-state index contributed by atoms with van der Waals surface area (Å²) in [5.74, 6) is 1.48. The number of nitrogens with one attached hydrogen (secondary N) is 2. The summed E-state index contributed by atoms with van der Waals surface area (Å²) in [7, 11) is 1.88. The molecule has 0 aliphatic carbocycles. The van der Waals surface area contributed by atoms with Crippen molar-refractivity contribution in [3.8, 4) is 0 Å². The molecule has 8 heteroatoms. The molecule has 3 heterocycles. The molecular weight excluding hydrogens is 270 g/mol. The minimum atomic E-state index is -0.00151. The summed E-state index contributed by atoms with van der Waals surface area (Å²) in [5, 5.41) is 11.4. The van der Waals surface area contributed by atoms with Gasteiger partial charge in [0.15, 0.2) is 5.65 Å². The van der Waals surface area contributed by atoms with Crippen molar-refractivity contribution in [3.63, 3.8) is 0 Å². The lowest BCUT2D eigenvalue weighted by molar-refractivity contribution is 0.219. The number of anilines is 1. The Bertz CT molecular complexity index is 693. The maximum atomic E-state index is 11.5. The van der Waals surface area contributed by atoms with Crippen LogP contribution in [0.3, 0.4) is 0 Å². The standard InChI is InChI=1S/C13H19N7O/c1-8-10-11(14-4-6-20-7-5-15-13(20)21)16-9(2)17-12(10)19(3)18-8/h4-7H2,1-3H3,(H,15,21)(H,14,16,17). The zero-order chi connectivity index (χ0) is 15.0. The first-order valence-corrected chi connectivity index (χ1v) is 7.01. The van der Waals surface area contributed by atoms with Crippen LogP contribution in [0, 0.1) is 13.8 Å². The fourth-order valence-electron chi connectivity index (χ4n) is 2.61. The van der Waals surface area contributed by atoms with Gasteiger partial charge in [-0.1, -0.05) is 0 Å². The highest BCUT2D eigenvalue weighted by Gasteiger charge is 2.19. The number of aromatic nitrogens is 4. The van der Waals surface area contributed by atoms with E-state index in [4.69, 9.17) is 0 Å². The first-order chi connectivity index (χ1) is 10.1. The minimum Gasteiger partial charge on any atom is -0.368 e. The van der Waals surface area contributed by atoms with E-state index in [1.54, 1.807) is 9.58 Å². The van der Waals surface area contributed by atoms with Gasteiger partial charge in [0, 0.05) is 33.2 Å². The monoisotopic (exact) mass is 289 g/mol. The van der Waals surface area contributed by atoms with Gasteiger partial charge < -0.3 is 15.5 Å². The zero-order valence-electron chi connectivity index (χ0n) is 12.5. The van der Waals surface area contributed by atoms with E-state index in [0.717, 1.165) is 35.6 Å². The lowest BCUT2D eigenvalue weighted by atomic mass is 10.3. The Morgan fingerprint density at radius 1 is 1.33 bits per heavy atom. The van der Waals surface area contributed by atoms with Gasteiger partial charge in [-0.15, -0.1) is 0 Å². The van der Waals surface area contributed by atoms with Gasteiger partial charge in [0.2, 0.25) is 0 Å². The third kappa shape index (κ3) is 2.48. The molecule has 0 radical (unpaired) electrons. The average molecular weight is 289 g/mol. The van der Waals surface area contributed by atoms with Crippen LogP contribution in [0.1, 0.15) is 11.5 Å². The number of urea groups is 1. The molecule has 8 nitrogen and oxygen atoms in total. The SMILES string of the molecule is Cc1nc(NCCN2CCNC2=O)c2c(C)nn(C)c2n1. The van der Waals surface area contributed by atoms with Crippen LogP contribution in [-0.4, -0.2) is 56.9 Å². The van der Waals surface area contributed by atoms with Gasteiger partial charge >= 0.3 is 6.03 Å². The Hall–Kier alpha value is -2.38. The van der Waals surface area contributed by atoms with Crippen molar-refractivity contribution < 1.29 is 4.79 Å². The zero-order valence-corrected chi connectivity index (χ0v) is 12.5. The van der Waals surface area contributed by atoms with Crippen molar-refractivity contribution in [3.05, 3.63) is 11.5 Å². The summed E-state index contributed by atoms with van der Waals surface area (Å²) in [4.78, 5) is 22.2. The molecule has 2 amide bonds. The van der Waals surface area contributed by atoms with Gasteiger partial charge in [0.05, 0.1) is 11.1 Å². The second-order valence-electron chi connectivity index (χ2n) is 5.17. The summed E-state index contributed by atoms with van der Waals surface area (Å²) in [6.45, 7) is 6.58. The molecule has 2 aromatic heterocycles. The average Bonchev–Trinajstić information content (AvgIpc) is 2.95. The highest BCUT2D eigenvalue weighted by atomic mass is 16.2. The van der Waals surface area contributed by atoms with Crippen LogP contribution in [0.2, 0.25) is 0 Å². The molecule has 3 rings (SSSR count). The molecule has 2 aromatic rings. The Labute approximate surface area is 122 Å². The Balaban J connectivity index is 1.78. The lowest BCUT2D eigenvalue weighted by Crippen LogP contribution is -2.32. The number of hydrogen-bond acceptors (Lipinski definition) is 5. The van der Waals surface area contributed by atoms with Crippen LogP contribution in [0.4, 0.5) is 10.6 Å². The molecule has 112 valence electrons. The molecule has 21 heavy (non-hydrogen) atoms. The van der Waals surface area contributed by atoms with Crippen LogP contribution < -0.4 is 10.6 Å². The highest BCUT2D eigenvalue weighted by molar-refractivity contribution is 5.89. The van der Waals surface area contributed by atoms with Crippen molar-refractivity contribution >= 4 is 22.9 Å². The van der Waals surface area contributed by atoms with Crippen LogP contribution in [0.25, 0.3) is 11.0 Å². The van der Waals surface area contributed by atoms with Gasteiger partial charge in [-0.25, -0.2) is 14.8 Å². The largest absolute Gasteiger partial charge is 0.368 e. The topological polar surface area (TPSA) is 88.0 Å². The van der Waals surface area contributed by atoms with Gasteiger partial charge in [0.1, 0.15) is 11.6 Å². The molecule has 0 atom stereocenters. The van der Waals surface area contributed by atoms with E-state index in [2.05, 4.69) is 25.7 Å². The van der Waals surface area contributed by atoms with E-state index in [1.165, 1.54) is 0 Å². The lowest BCUT2D eigenvalue weighted by Gasteiger charge is -2.15. The summed E-state index contributed by atoms with van der Waals surface area (Å²) in [6.07, 6.45) is 0. The molecular formula is C13H19N7O. The number of hydrogen-bond donors (Lipinski definition) is 2. The van der Waals surface area contributed by atoms with Crippen molar-refractivity contribution in [2.45, 2.75) is 13.8 Å². The van der Waals surface area contributed by atoms with E-state index < -0.39 is 0 Å². The van der Waals surface area contributed by atoms with Gasteiger partial charge in [-0.3, -0.25) is 4.68 Å². The fraction of sp³-hybridized carbons (Fsp3) is 0.538. The Kier molecular flexibility index (Phi) is 3.36. The molecule has 0 aromatic carbocycles. The minimum absolute atomic E-state index is 0.00151. The van der Waals surface area contributed by atoms with Crippen LogP contribution >= 0.6 is 0 Å². The Morgan fingerprint density at radius 3 is 2.86 bits per heavy atom. The molecule has 0 spiro atoms. The number of carbonyl (C=O) groups excluding carboxylic acids is 1. The van der Waals surface area contributed by atoms with E-state index in [9.17, 15) is 4.79 Å². The third-order valence-electron chi connectivity index (χ3n) is 3.59. The Morgan fingerprint density at radius 2 is 2.14 bits per heavy atom. The highest BCUT2D eigenvalue weighted by Crippen LogP contribution is 2.23. The third-order valence-corrected chi connectivity index (χ3v) is 3.59. The normalized spacial score (nSPS) is 14.8. The van der Waals surface area contributed by atoms with Crippen molar-refractivity contribution in [2.75, 3.05) is 31.5 Å². The second kappa shape index (κ2) is 5.19. The summed E-state index contributed by atoms with van der Waals surface area (Å²) in [5.41, 5.74) is 1.72. The molecule has 1 aliphatic heterocycles. The molecule has 1 saturated heterocycles. The summed E-state index contributed by atoms with van der Waals surface area (Å²) < 4.78 is 1.76. The van der Waals surface area contributed by atoms with Crippen molar-refractivity contribution in [1.29, 1.82) is 0 Å². The van der Waals surface area contributed by atoms with Crippen LogP contribution in [0.15, 0.2) is 0 Å². The second-order valence-corrected chi connectivity index (χ2v) is 5.17. The van der Waals surface area contributed by atoms with E-state index >= 15 is 0 Å². The number of aryl methyl sites for hydroxylation is 3. The number of carbonyl (C=O) groups is 1. The number of nitrogens with zero attached hydrogens (tertiary/aromatic N) is 5. The molecule has 1 fully saturated rings. The van der Waals surface area contributed by atoms with Gasteiger partial charge in [-0.05, 0) is 13.8 Å². The summed E-state index contributed by atoms with van der Waals surface area (Å²) in [6, 6.07) is -0.00151. The molecule has 0 bridgehead atoms. The van der Waals surface area contributed by atoms with Crippen molar-refractivity contribution in [1.82, 2.24) is 30.0 Å². The summed E-state index contributed by atoms with van der Waals surface area (Å²) >= 11 is 0. The first-order valence-electron chi connectivity index (χ1n) is 7.01. The molecule has 0 saturated carbocycles. The quantitative estimate of drug-likeness (QED) is 0.851. The maximum absolute atomic E-state index is 11.5. The van der Waals surface area contributed by atoms with Gasteiger partial charge in [-0.2, -0.15) is 5.10 Å². The van der Waals surface area contributed by atoms with Gasteiger partial charge in [0.25, 0.3) is 0 Å². The van der Waals surface area contributed by atoms with E-state index in [1.807, 2.05) is 20.9 Å².